The molecule has 0 unspecified atom stereocenters. The van der Waals surface area contributed by atoms with E-state index in [-0.39, 0.29) is 5.82 Å². The molecular formula is C14H13BrFN. The molecule has 0 aliphatic heterocycles. The molecule has 0 radical (unpaired) electrons. The highest BCUT2D eigenvalue weighted by atomic mass is 79.9. The van der Waals surface area contributed by atoms with Crippen molar-refractivity contribution < 1.29 is 4.39 Å². The zero-order valence-corrected chi connectivity index (χ0v) is 11.1. The van der Waals surface area contributed by atoms with E-state index >= 15 is 0 Å². The van der Waals surface area contributed by atoms with Crippen LogP contribution >= 0.6 is 15.9 Å². The van der Waals surface area contributed by atoms with Crippen molar-refractivity contribution in [1.29, 1.82) is 0 Å². The summed E-state index contributed by atoms with van der Waals surface area (Å²) in [7, 11) is 0. The fourth-order valence-electron chi connectivity index (χ4n) is 1.54. The van der Waals surface area contributed by atoms with Gasteiger partial charge in [-0.3, -0.25) is 0 Å². The number of halogens is 2. The summed E-state index contributed by atoms with van der Waals surface area (Å²) in [4.78, 5) is 0. The average molecular weight is 294 g/mol. The summed E-state index contributed by atoms with van der Waals surface area (Å²) in [5.41, 5.74) is 2.83. The molecule has 0 aromatic heterocycles. The van der Waals surface area contributed by atoms with Crippen molar-refractivity contribution >= 4 is 21.6 Å². The number of aryl methyl sites for hydroxylation is 1. The molecule has 0 saturated carbocycles. The van der Waals surface area contributed by atoms with Crippen molar-refractivity contribution in [3.63, 3.8) is 0 Å². The molecule has 88 valence electrons. The number of hydrogen-bond acceptors (Lipinski definition) is 1. The average Bonchev–Trinajstić information content (AvgIpc) is 2.32. The van der Waals surface area contributed by atoms with Crippen molar-refractivity contribution in [2.45, 2.75) is 13.5 Å². The van der Waals surface area contributed by atoms with Crippen molar-refractivity contribution in [3.8, 4) is 0 Å². The number of rotatable bonds is 3. The predicted octanol–water partition coefficient (Wildman–Crippen LogP) is 4.51. The highest BCUT2D eigenvalue weighted by Crippen LogP contribution is 2.21. The molecule has 2 rings (SSSR count). The van der Waals surface area contributed by atoms with Crippen LogP contribution in [0.3, 0.4) is 0 Å². The van der Waals surface area contributed by atoms with Crippen molar-refractivity contribution in [1.82, 2.24) is 0 Å². The SMILES string of the molecule is Cc1ccc(NCc2ccccc2F)cc1Br. The van der Waals surface area contributed by atoms with Gasteiger partial charge in [-0.1, -0.05) is 40.2 Å². The Morgan fingerprint density at radius 3 is 2.65 bits per heavy atom. The van der Waals surface area contributed by atoms with E-state index in [0.29, 0.717) is 12.1 Å². The predicted molar refractivity (Wildman–Crippen MR) is 72.6 cm³/mol. The van der Waals surface area contributed by atoms with E-state index < -0.39 is 0 Å². The van der Waals surface area contributed by atoms with Gasteiger partial charge in [-0.2, -0.15) is 0 Å². The van der Waals surface area contributed by atoms with Crippen LogP contribution in [0.5, 0.6) is 0 Å². The second kappa shape index (κ2) is 5.32. The summed E-state index contributed by atoms with van der Waals surface area (Å²) >= 11 is 3.47. The first-order valence-corrected chi connectivity index (χ1v) is 6.19. The number of hydrogen-bond donors (Lipinski definition) is 1. The number of anilines is 1. The molecule has 0 spiro atoms. The summed E-state index contributed by atoms with van der Waals surface area (Å²) in [6.45, 7) is 2.52. The number of nitrogens with one attached hydrogen (secondary N) is 1. The van der Waals surface area contributed by atoms with Gasteiger partial charge in [-0.05, 0) is 30.7 Å². The highest BCUT2D eigenvalue weighted by Gasteiger charge is 2.01. The lowest BCUT2D eigenvalue weighted by molar-refractivity contribution is 0.613. The Kier molecular flexibility index (Phi) is 3.79. The molecule has 17 heavy (non-hydrogen) atoms. The van der Waals surface area contributed by atoms with Crippen LogP contribution in [-0.2, 0) is 6.54 Å². The van der Waals surface area contributed by atoms with Crippen LogP contribution in [-0.4, -0.2) is 0 Å². The quantitative estimate of drug-likeness (QED) is 0.878. The molecule has 0 aliphatic carbocycles. The van der Waals surface area contributed by atoms with Gasteiger partial charge in [0.25, 0.3) is 0 Å². The lowest BCUT2D eigenvalue weighted by atomic mass is 10.2. The van der Waals surface area contributed by atoms with Crippen LogP contribution < -0.4 is 5.32 Å². The van der Waals surface area contributed by atoms with Gasteiger partial charge in [0.15, 0.2) is 0 Å². The topological polar surface area (TPSA) is 12.0 Å². The lowest BCUT2D eigenvalue weighted by Gasteiger charge is -2.08. The normalized spacial score (nSPS) is 10.3. The third-order valence-corrected chi connectivity index (χ3v) is 3.47. The van der Waals surface area contributed by atoms with E-state index in [9.17, 15) is 4.39 Å². The van der Waals surface area contributed by atoms with Crippen LogP contribution in [0.2, 0.25) is 0 Å². The zero-order valence-electron chi connectivity index (χ0n) is 9.50. The summed E-state index contributed by atoms with van der Waals surface area (Å²) in [5.74, 6) is -0.175. The summed E-state index contributed by atoms with van der Waals surface area (Å²) in [5, 5.41) is 3.20. The first kappa shape index (κ1) is 12.1. The Balaban J connectivity index is 2.08. The van der Waals surface area contributed by atoms with Gasteiger partial charge in [-0.15, -0.1) is 0 Å². The first-order chi connectivity index (χ1) is 8.16. The molecule has 1 nitrogen and oxygen atoms in total. The molecular weight excluding hydrogens is 281 g/mol. The van der Waals surface area contributed by atoms with Crippen molar-refractivity contribution in [2.75, 3.05) is 5.32 Å². The molecule has 0 aliphatic rings. The van der Waals surface area contributed by atoms with Crippen LogP contribution in [0, 0.1) is 12.7 Å². The van der Waals surface area contributed by atoms with Crippen LogP contribution in [0.25, 0.3) is 0 Å². The monoisotopic (exact) mass is 293 g/mol. The van der Waals surface area contributed by atoms with E-state index in [2.05, 4.69) is 21.2 Å². The largest absolute Gasteiger partial charge is 0.381 e. The molecule has 1 N–H and O–H groups in total. The van der Waals surface area contributed by atoms with Gasteiger partial charge < -0.3 is 5.32 Å². The molecule has 2 aromatic rings. The van der Waals surface area contributed by atoms with Gasteiger partial charge >= 0.3 is 0 Å². The summed E-state index contributed by atoms with van der Waals surface area (Å²) < 4.78 is 14.4. The molecule has 0 heterocycles. The van der Waals surface area contributed by atoms with E-state index in [1.165, 1.54) is 11.6 Å². The molecule has 0 bridgehead atoms. The lowest BCUT2D eigenvalue weighted by Crippen LogP contribution is -2.01. The Bertz CT molecular complexity index is 525. The maximum absolute atomic E-state index is 13.4. The Hall–Kier alpha value is -1.35. The second-order valence-electron chi connectivity index (χ2n) is 3.91. The van der Waals surface area contributed by atoms with Gasteiger partial charge in [-0.25, -0.2) is 4.39 Å². The smallest absolute Gasteiger partial charge is 0.128 e. The van der Waals surface area contributed by atoms with E-state index in [1.807, 2.05) is 31.2 Å². The minimum Gasteiger partial charge on any atom is -0.381 e. The molecule has 0 atom stereocenters. The zero-order chi connectivity index (χ0) is 12.3. The second-order valence-corrected chi connectivity index (χ2v) is 4.76. The highest BCUT2D eigenvalue weighted by molar-refractivity contribution is 9.10. The third kappa shape index (κ3) is 3.07. The van der Waals surface area contributed by atoms with Gasteiger partial charge in [0.05, 0.1) is 0 Å². The van der Waals surface area contributed by atoms with E-state index in [0.717, 1.165) is 10.2 Å². The Morgan fingerprint density at radius 1 is 1.18 bits per heavy atom. The fraction of sp³-hybridized carbons (Fsp3) is 0.143. The van der Waals surface area contributed by atoms with Crippen molar-refractivity contribution in [3.05, 3.63) is 63.9 Å². The minimum absolute atomic E-state index is 0.175. The maximum Gasteiger partial charge on any atom is 0.128 e. The molecule has 0 fully saturated rings. The van der Waals surface area contributed by atoms with E-state index in [1.54, 1.807) is 12.1 Å². The maximum atomic E-state index is 13.4. The van der Waals surface area contributed by atoms with Crippen LogP contribution in [0.4, 0.5) is 10.1 Å². The summed E-state index contributed by atoms with van der Waals surface area (Å²) in [6, 6.07) is 12.8. The third-order valence-electron chi connectivity index (χ3n) is 2.61. The fourth-order valence-corrected chi connectivity index (χ4v) is 1.92. The Labute approximate surface area is 109 Å². The van der Waals surface area contributed by atoms with Gasteiger partial charge in [0.1, 0.15) is 5.82 Å². The van der Waals surface area contributed by atoms with Crippen LogP contribution in [0.15, 0.2) is 46.9 Å². The van der Waals surface area contributed by atoms with Crippen molar-refractivity contribution in [2.24, 2.45) is 0 Å². The summed E-state index contributed by atoms with van der Waals surface area (Å²) in [6.07, 6.45) is 0. The first-order valence-electron chi connectivity index (χ1n) is 5.40. The molecule has 0 saturated heterocycles. The molecule has 3 heteroatoms. The standard InChI is InChI=1S/C14H13BrFN/c1-10-6-7-12(8-13(10)15)17-9-11-4-2-3-5-14(11)16/h2-8,17H,9H2,1H3. The Morgan fingerprint density at radius 2 is 1.94 bits per heavy atom. The van der Waals surface area contributed by atoms with Gasteiger partial charge in [0.2, 0.25) is 0 Å². The molecule has 0 amide bonds. The number of benzene rings is 2. The van der Waals surface area contributed by atoms with Gasteiger partial charge in [0, 0.05) is 22.3 Å². The van der Waals surface area contributed by atoms with Crippen LogP contribution in [0.1, 0.15) is 11.1 Å². The minimum atomic E-state index is -0.175. The van der Waals surface area contributed by atoms with E-state index in [4.69, 9.17) is 0 Å². The molecule has 2 aromatic carbocycles.